The summed E-state index contributed by atoms with van der Waals surface area (Å²) in [6, 6.07) is 4.68. The van der Waals surface area contributed by atoms with E-state index >= 15 is 0 Å². The van der Waals surface area contributed by atoms with Crippen LogP contribution in [0.4, 0.5) is 0 Å². The molecule has 1 saturated heterocycles. The summed E-state index contributed by atoms with van der Waals surface area (Å²) in [5.74, 6) is 0.793. The number of aromatic nitrogens is 3. The Balaban J connectivity index is 1.40. The topological polar surface area (TPSA) is 117 Å². The van der Waals surface area contributed by atoms with E-state index < -0.39 is 5.41 Å². The largest absolute Gasteiger partial charge is 0.493 e. The first-order valence-electron chi connectivity index (χ1n) is 11.4. The van der Waals surface area contributed by atoms with Crippen molar-refractivity contribution < 1.29 is 28.5 Å². The summed E-state index contributed by atoms with van der Waals surface area (Å²) in [5.41, 5.74) is 0.663. The maximum absolute atomic E-state index is 13.2. The molecule has 0 unspecified atom stereocenters. The number of hydrogen-bond donors (Lipinski definition) is 1. The van der Waals surface area contributed by atoms with Gasteiger partial charge in [0, 0.05) is 25.8 Å². The predicted octanol–water partition coefficient (Wildman–Crippen LogP) is 0.632. The van der Waals surface area contributed by atoms with E-state index in [4.69, 9.17) is 18.9 Å². The SMILES string of the molecule is COCC1(C(=O)N2C[C@@H]3NC(=O)c4ccc(OC)c(c4)OCCn4cc(nn4)CO[C@H]3C2)CC1. The molecular weight excluding hydrogens is 442 g/mol. The Kier molecular flexibility index (Phi) is 6.13. The lowest BCUT2D eigenvalue weighted by atomic mass is 10.1. The average molecular weight is 472 g/mol. The molecule has 3 aliphatic rings. The van der Waals surface area contributed by atoms with Gasteiger partial charge in [-0.1, -0.05) is 5.21 Å². The zero-order valence-corrected chi connectivity index (χ0v) is 19.4. The van der Waals surface area contributed by atoms with E-state index in [9.17, 15) is 9.59 Å². The second kappa shape index (κ2) is 9.22. The fraction of sp³-hybridized carbons (Fsp3) is 0.565. The van der Waals surface area contributed by atoms with Crippen LogP contribution in [-0.2, 0) is 27.4 Å². The van der Waals surface area contributed by atoms with Crippen molar-refractivity contribution in [3.8, 4) is 11.5 Å². The van der Waals surface area contributed by atoms with Gasteiger partial charge in [0.15, 0.2) is 11.5 Å². The first-order chi connectivity index (χ1) is 16.5. The fourth-order valence-electron chi connectivity index (χ4n) is 4.57. The van der Waals surface area contributed by atoms with Crippen molar-refractivity contribution in [3.63, 3.8) is 0 Å². The molecule has 1 saturated carbocycles. The minimum atomic E-state index is -0.444. The lowest BCUT2D eigenvalue weighted by Crippen LogP contribution is -2.44. The maximum Gasteiger partial charge on any atom is 0.251 e. The van der Waals surface area contributed by atoms with Crippen LogP contribution in [0.1, 0.15) is 28.9 Å². The fourth-order valence-corrected chi connectivity index (χ4v) is 4.57. The van der Waals surface area contributed by atoms with E-state index in [0.29, 0.717) is 55.6 Å². The molecule has 1 aliphatic carbocycles. The van der Waals surface area contributed by atoms with Crippen molar-refractivity contribution in [2.24, 2.45) is 5.41 Å². The van der Waals surface area contributed by atoms with Gasteiger partial charge in [-0.05, 0) is 31.0 Å². The smallest absolute Gasteiger partial charge is 0.251 e. The molecule has 11 nitrogen and oxygen atoms in total. The van der Waals surface area contributed by atoms with Crippen LogP contribution in [-0.4, -0.2) is 84.4 Å². The highest BCUT2D eigenvalue weighted by Crippen LogP contribution is 2.48. The minimum Gasteiger partial charge on any atom is -0.493 e. The van der Waals surface area contributed by atoms with Crippen LogP contribution in [0.5, 0.6) is 11.5 Å². The first-order valence-corrected chi connectivity index (χ1v) is 11.4. The Labute approximate surface area is 197 Å². The first kappa shape index (κ1) is 22.6. The number of hydrogen-bond acceptors (Lipinski definition) is 8. The van der Waals surface area contributed by atoms with Gasteiger partial charge in [0.2, 0.25) is 5.91 Å². The van der Waals surface area contributed by atoms with Crippen molar-refractivity contribution in [1.29, 1.82) is 0 Å². The summed E-state index contributed by atoms with van der Waals surface area (Å²) in [4.78, 5) is 28.1. The monoisotopic (exact) mass is 471 g/mol. The van der Waals surface area contributed by atoms with E-state index in [-0.39, 0.29) is 30.6 Å². The van der Waals surface area contributed by atoms with Gasteiger partial charge < -0.3 is 29.2 Å². The second-order valence-electron chi connectivity index (χ2n) is 9.04. The number of nitrogens with zero attached hydrogens (tertiary/aromatic N) is 4. The van der Waals surface area contributed by atoms with Crippen molar-refractivity contribution >= 4 is 11.8 Å². The van der Waals surface area contributed by atoms with Crippen LogP contribution in [0.2, 0.25) is 0 Å². The molecule has 2 aliphatic heterocycles. The normalized spacial score (nSPS) is 23.7. The number of fused-ring (bicyclic) bond motifs is 5. The van der Waals surface area contributed by atoms with Crippen LogP contribution in [0, 0.1) is 5.41 Å². The number of carbonyl (C=O) groups is 2. The van der Waals surface area contributed by atoms with Crippen LogP contribution in [0.3, 0.4) is 0 Å². The molecule has 11 heteroatoms. The number of benzene rings is 1. The third kappa shape index (κ3) is 4.45. The molecular formula is C23H29N5O6. The predicted molar refractivity (Wildman–Crippen MR) is 118 cm³/mol. The molecule has 182 valence electrons. The third-order valence-electron chi connectivity index (χ3n) is 6.63. The number of amides is 2. The molecule has 2 fully saturated rings. The Hall–Kier alpha value is -3.18. The lowest BCUT2D eigenvalue weighted by Gasteiger charge is -2.22. The third-order valence-corrected chi connectivity index (χ3v) is 6.63. The molecule has 3 heterocycles. The average Bonchev–Trinajstić information content (AvgIpc) is 3.30. The van der Waals surface area contributed by atoms with Gasteiger partial charge in [-0.15, -0.1) is 5.10 Å². The number of methoxy groups -OCH3 is 2. The van der Waals surface area contributed by atoms with Crippen molar-refractivity contribution in [2.75, 3.05) is 40.5 Å². The Bertz CT molecular complexity index is 1070. The zero-order valence-electron chi connectivity index (χ0n) is 19.4. The summed E-state index contributed by atoms with van der Waals surface area (Å²) < 4.78 is 24.4. The molecule has 0 spiro atoms. The van der Waals surface area contributed by atoms with Crippen LogP contribution >= 0.6 is 0 Å². The summed E-state index contributed by atoms with van der Waals surface area (Å²) in [7, 11) is 3.16. The van der Waals surface area contributed by atoms with E-state index in [0.717, 1.165) is 12.8 Å². The summed E-state index contributed by atoms with van der Waals surface area (Å²) >= 11 is 0. The molecule has 1 aromatic carbocycles. The summed E-state index contributed by atoms with van der Waals surface area (Å²) in [5, 5.41) is 11.4. The Morgan fingerprint density at radius 1 is 1.29 bits per heavy atom. The Morgan fingerprint density at radius 2 is 2.15 bits per heavy atom. The molecule has 0 radical (unpaired) electrons. The highest BCUT2D eigenvalue weighted by molar-refractivity contribution is 5.95. The van der Waals surface area contributed by atoms with Gasteiger partial charge in [0.1, 0.15) is 12.3 Å². The maximum atomic E-state index is 13.2. The highest BCUT2D eigenvalue weighted by Gasteiger charge is 2.53. The summed E-state index contributed by atoms with van der Waals surface area (Å²) in [6.45, 7) is 2.19. The zero-order chi connectivity index (χ0) is 23.7. The van der Waals surface area contributed by atoms with Gasteiger partial charge in [-0.25, -0.2) is 4.68 Å². The molecule has 5 rings (SSSR count). The molecule has 2 aromatic rings. The number of ether oxygens (including phenoxy) is 4. The molecule has 2 amide bonds. The molecule has 1 N–H and O–H groups in total. The quantitative estimate of drug-likeness (QED) is 0.690. The summed E-state index contributed by atoms with van der Waals surface area (Å²) in [6.07, 6.45) is 3.06. The number of rotatable bonds is 4. The molecule has 4 bridgehead atoms. The van der Waals surface area contributed by atoms with Crippen molar-refractivity contribution in [3.05, 3.63) is 35.7 Å². The van der Waals surface area contributed by atoms with Crippen molar-refractivity contribution in [2.45, 2.75) is 38.1 Å². The minimum absolute atomic E-state index is 0.0557. The van der Waals surface area contributed by atoms with Gasteiger partial charge in [-0.2, -0.15) is 0 Å². The highest BCUT2D eigenvalue weighted by atomic mass is 16.5. The van der Waals surface area contributed by atoms with E-state index in [1.807, 2.05) is 0 Å². The Morgan fingerprint density at radius 3 is 2.91 bits per heavy atom. The van der Waals surface area contributed by atoms with Crippen LogP contribution in [0.15, 0.2) is 24.4 Å². The van der Waals surface area contributed by atoms with Crippen LogP contribution in [0.25, 0.3) is 0 Å². The molecule has 2 atom stereocenters. The van der Waals surface area contributed by atoms with Crippen molar-refractivity contribution in [1.82, 2.24) is 25.2 Å². The standard InChI is InChI=1S/C23H29N5O6/c1-31-14-23(5-6-23)22(30)27-11-17-20(12-27)34-13-16-10-28(26-25-16)7-8-33-19-9-15(21(29)24-17)3-4-18(19)32-2/h3-4,9-10,17,20H,5-8,11-14H2,1-2H3,(H,24,29)/t17-,20-/m0/s1. The van der Waals surface area contributed by atoms with Crippen LogP contribution < -0.4 is 14.8 Å². The number of nitrogens with one attached hydrogen (secondary N) is 1. The van der Waals surface area contributed by atoms with E-state index in [1.165, 1.54) is 0 Å². The second-order valence-corrected chi connectivity index (χ2v) is 9.04. The number of likely N-dealkylation sites (tertiary alicyclic amines) is 1. The number of carbonyl (C=O) groups excluding carboxylic acids is 2. The van der Waals surface area contributed by atoms with Gasteiger partial charge >= 0.3 is 0 Å². The van der Waals surface area contributed by atoms with E-state index in [1.54, 1.807) is 48.2 Å². The van der Waals surface area contributed by atoms with Gasteiger partial charge in [0.05, 0.1) is 50.6 Å². The molecule has 34 heavy (non-hydrogen) atoms. The molecule has 1 aromatic heterocycles. The lowest BCUT2D eigenvalue weighted by molar-refractivity contribution is -0.138. The van der Waals surface area contributed by atoms with Gasteiger partial charge in [0.25, 0.3) is 5.91 Å². The van der Waals surface area contributed by atoms with Gasteiger partial charge in [-0.3, -0.25) is 9.59 Å². The van der Waals surface area contributed by atoms with E-state index in [2.05, 4.69) is 15.6 Å².